The van der Waals surface area contributed by atoms with E-state index in [0.29, 0.717) is 12.6 Å². The van der Waals surface area contributed by atoms with E-state index < -0.39 is 0 Å². The van der Waals surface area contributed by atoms with Crippen LogP contribution in [0.1, 0.15) is 30.3 Å². The number of aryl methyl sites for hydroxylation is 1. The quantitative estimate of drug-likeness (QED) is 0.848. The zero-order chi connectivity index (χ0) is 15.4. The predicted octanol–water partition coefficient (Wildman–Crippen LogP) is 1.66. The molecule has 6 heteroatoms. The summed E-state index contributed by atoms with van der Waals surface area (Å²) in [6.45, 7) is 4.36. The van der Waals surface area contributed by atoms with E-state index in [1.54, 1.807) is 12.4 Å². The second kappa shape index (κ2) is 6.89. The second-order valence-electron chi connectivity index (χ2n) is 5.90. The van der Waals surface area contributed by atoms with E-state index in [1.165, 1.54) is 6.42 Å². The maximum absolute atomic E-state index is 6.24. The van der Waals surface area contributed by atoms with E-state index in [0.717, 1.165) is 36.6 Å². The number of pyridine rings is 1. The number of imidazole rings is 1. The minimum atomic E-state index is -0.0314. The Morgan fingerprint density at radius 1 is 1.50 bits per heavy atom. The van der Waals surface area contributed by atoms with Crippen molar-refractivity contribution >= 4 is 0 Å². The minimum absolute atomic E-state index is 0.0314. The van der Waals surface area contributed by atoms with Gasteiger partial charge in [-0.3, -0.25) is 9.88 Å². The Morgan fingerprint density at radius 2 is 2.41 bits per heavy atom. The van der Waals surface area contributed by atoms with Crippen LogP contribution in [-0.4, -0.2) is 45.6 Å². The Balaban J connectivity index is 1.52. The van der Waals surface area contributed by atoms with Crippen LogP contribution in [0.25, 0.3) is 0 Å². The zero-order valence-electron chi connectivity index (χ0n) is 12.9. The van der Waals surface area contributed by atoms with E-state index in [9.17, 15) is 0 Å². The van der Waals surface area contributed by atoms with E-state index in [1.807, 2.05) is 25.4 Å². The minimum Gasteiger partial charge on any atom is -0.490 e. The van der Waals surface area contributed by atoms with Crippen molar-refractivity contribution in [2.24, 2.45) is 5.73 Å². The van der Waals surface area contributed by atoms with Crippen molar-refractivity contribution in [1.82, 2.24) is 19.9 Å². The van der Waals surface area contributed by atoms with Crippen molar-refractivity contribution in [1.29, 1.82) is 0 Å². The van der Waals surface area contributed by atoms with Crippen LogP contribution in [0.3, 0.4) is 0 Å². The first kappa shape index (κ1) is 15.0. The molecule has 2 aromatic heterocycles. The number of ether oxygens (including phenoxy) is 1. The molecule has 0 aromatic carbocycles. The van der Waals surface area contributed by atoms with E-state index >= 15 is 0 Å². The molecular weight excluding hydrogens is 278 g/mol. The molecule has 1 aliphatic heterocycles. The average molecular weight is 301 g/mol. The molecule has 2 aromatic rings. The predicted molar refractivity (Wildman–Crippen MR) is 84.6 cm³/mol. The van der Waals surface area contributed by atoms with Gasteiger partial charge in [0.2, 0.25) is 0 Å². The fraction of sp³-hybridized carbons (Fsp3) is 0.500. The molecule has 1 aliphatic rings. The Hall–Kier alpha value is -1.92. The van der Waals surface area contributed by atoms with E-state index in [2.05, 4.69) is 19.9 Å². The van der Waals surface area contributed by atoms with Crippen LogP contribution in [0.4, 0.5) is 0 Å². The number of H-pyrrole nitrogens is 1. The first-order valence-corrected chi connectivity index (χ1v) is 7.76. The number of aromatic nitrogens is 3. The Morgan fingerprint density at radius 3 is 3.18 bits per heavy atom. The van der Waals surface area contributed by atoms with Crippen molar-refractivity contribution in [2.45, 2.75) is 31.8 Å². The molecule has 0 spiro atoms. The fourth-order valence-corrected chi connectivity index (χ4v) is 2.98. The molecule has 1 unspecified atom stereocenters. The molecule has 3 N–H and O–H groups in total. The van der Waals surface area contributed by atoms with Crippen molar-refractivity contribution in [2.75, 3.05) is 19.7 Å². The summed E-state index contributed by atoms with van der Waals surface area (Å²) in [7, 11) is 0. The van der Waals surface area contributed by atoms with Gasteiger partial charge in [0.1, 0.15) is 18.2 Å². The van der Waals surface area contributed by atoms with Gasteiger partial charge in [-0.1, -0.05) is 0 Å². The van der Waals surface area contributed by atoms with Crippen LogP contribution < -0.4 is 10.5 Å². The van der Waals surface area contributed by atoms with Gasteiger partial charge in [-0.15, -0.1) is 0 Å². The van der Waals surface area contributed by atoms with Gasteiger partial charge in [-0.05, 0) is 37.9 Å². The highest BCUT2D eigenvalue weighted by atomic mass is 16.5. The molecule has 3 rings (SSSR count). The third-order valence-corrected chi connectivity index (χ3v) is 3.98. The molecule has 0 amide bonds. The number of hydrogen-bond donors (Lipinski definition) is 2. The molecule has 2 atom stereocenters. The van der Waals surface area contributed by atoms with Gasteiger partial charge in [-0.25, -0.2) is 4.98 Å². The van der Waals surface area contributed by atoms with Gasteiger partial charge in [0.25, 0.3) is 0 Å². The lowest BCUT2D eigenvalue weighted by Crippen LogP contribution is -2.41. The largest absolute Gasteiger partial charge is 0.490 e. The molecule has 1 fully saturated rings. The Kier molecular flexibility index (Phi) is 4.70. The van der Waals surface area contributed by atoms with Crippen molar-refractivity contribution in [3.05, 3.63) is 42.2 Å². The van der Waals surface area contributed by atoms with Crippen LogP contribution in [0.15, 0.2) is 30.9 Å². The molecule has 3 heterocycles. The number of likely N-dealkylation sites (tertiary alicyclic amines) is 1. The van der Waals surface area contributed by atoms with Gasteiger partial charge in [-0.2, -0.15) is 0 Å². The summed E-state index contributed by atoms with van der Waals surface area (Å²) in [5.41, 5.74) is 7.32. The highest BCUT2D eigenvalue weighted by Crippen LogP contribution is 2.29. The number of aromatic amines is 1. The Bertz CT molecular complexity index is 586. The van der Waals surface area contributed by atoms with Crippen LogP contribution in [-0.2, 0) is 0 Å². The lowest BCUT2D eigenvalue weighted by atomic mass is 10.2. The first-order valence-electron chi connectivity index (χ1n) is 7.76. The average Bonchev–Trinajstić information content (AvgIpc) is 3.16. The zero-order valence-corrected chi connectivity index (χ0v) is 12.9. The maximum Gasteiger partial charge on any atom is 0.137 e. The van der Waals surface area contributed by atoms with Crippen LogP contribution in [0, 0.1) is 6.92 Å². The second-order valence-corrected chi connectivity index (χ2v) is 5.90. The lowest BCUT2D eigenvalue weighted by Gasteiger charge is -2.26. The third kappa shape index (κ3) is 3.64. The van der Waals surface area contributed by atoms with Crippen molar-refractivity contribution < 1.29 is 4.74 Å². The number of nitrogens with one attached hydrogen (secondary N) is 1. The molecule has 0 radical (unpaired) electrons. The number of hydrogen-bond acceptors (Lipinski definition) is 5. The van der Waals surface area contributed by atoms with Crippen LogP contribution >= 0.6 is 0 Å². The van der Waals surface area contributed by atoms with Crippen LogP contribution in [0.2, 0.25) is 0 Å². The van der Waals surface area contributed by atoms with Gasteiger partial charge >= 0.3 is 0 Å². The number of nitrogens with zero attached hydrogens (tertiary/aromatic N) is 3. The first-order chi connectivity index (χ1) is 10.7. The monoisotopic (exact) mass is 301 g/mol. The molecule has 0 saturated carbocycles. The molecule has 1 saturated heterocycles. The fourth-order valence-electron chi connectivity index (χ4n) is 2.98. The van der Waals surface area contributed by atoms with Gasteiger partial charge in [0, 0.05) is 25.1 Å². The maximum atomic E-state index is 6.24. The molecule has 118 valence electrons. The summed E-state index contributed by atoms with van der Waals surface area (Å²) in [5.74, 6) is 1.81. The highest BCUT2D eigenvalue weighted by molar-refractivity contribution is 5.22. The van der Waals surface area contributed by atoms with Gasteiger partial charge < -0.3 is 15.5 Å². The summed E-state index contributed by atoms with van der Waals surface area (Å²) in [6.07, 6.45) is 9.52. The third-order valence-electron chi connectivity index (χ3n) is 3.98. The SMILES string of the molecule is Cc1cncc(OCC(N)CN2CCC[C@@H]2c2ncc[nH]2)c1. The van der Waals surface area contributed by atoms with Gasteiger partial charge in [0.15, 0.2) is 0 Å². The molecule has 0 aliphatic carbocycles. The summed E-state index contributed by atoms with van der Waals surface area (Å²) in [5, 5.41) is 0. The molecular formula is C16H23N5O. The summed E-state index contributed by atoms with van der Waals surface area (Å²) < 4.78 is 5.75. The molecule has 0 bridgehead atoms. The smallest absolute Gasteiger partial charge is 0.137 e. The molecule has 22 heavy (non-hydrogen) atoms. The standard InChI is InChI=1S/C16H23N5O/c1-12-7-14(9-18-8-12)22-11-13(17)10-21-6-2-3-15(21)16-19-4-5-20-16/h4-5,7-9,13,15H,2-3,6,10-11,17H2,1H3,(H,19,20)/t13?,15-/m1/s1. The topological polar surface area (TPSA) is 80.1 Å². The van der Waals surface area contributed by atoms with E-state index in [-0.39, 0.29) is 6.04 Å². The summed E-state index contributed by atoms with van der Waals surface area (Å²) in [4.78, 5) is 14.1. The molecule has 6 nitrogen and oxygen atoms in total. The Labute approximate surface area is 130 Å². The van der Waals surface area contributed by atoms with Gasteiger partial charge in [0.05, 0.1) is 18.3 Å². The number of rotatable bonds is 6. The van der Waals surface area contributed by atoms with Crippen molar-refractivity contribution in [3.63, 3.8) is 0 Å². The highest BCUT2D eigenvalue weighted by Gasteiger charge is 2.28. The van der Waals surface area contributed by atoms with Crippen LogP contribution in [0.5, 0.6) is 5.75 Å². The summed E-state index contributed by atoms with van der Waals surface area (Å²) >= 11 is 0. The normalized spacial score (nSPS) is 20.2. The van der Waals surface area contributed by atoms with E-state index in [4.69, 9.17) is 10.5 Å². The van der Waals surface area contributed by atoms with Crippen molar-refractivity contribution in [3.8, 4) is 5.75 Å². The number of nitrogens with two attached hydrogens (primary N) is 1. The summed E-state index contributed by atoms with van der Waals surface area (Å²) in [6, 6.07) is 2.29. The lowest BCUT2D eigenvalue weighted by molar-refractivity contribution is 0.197.